The Kier molecular flexibility index (Phi) is 3.58. The molecule has 0 saturated carbocycles. The normalized spacial score (nSPS) is 21.6. The molecular weight excluding hydrogens is 302 g/mol. The van der Waals surface area contributed by atoms with Crippen LogP contribution in [0.5, 0.6) is 5.75 Å². The number of fused-ring (bicyclic) bond motifs is 1. The van der Waals surface area contributed by atoms with Crippen LogP contribution in [0.1, 0.15) is 23.6 Å². The summed E-state index contributed by atoms with van der Waals surface area (Å²) in [6.45, 7) is 0. The van der Waals surface area contributed by atoms with E-state index in [-0.39, 0.29) is 12.1 Å². The highest BCUT2D eigenvalue weighted by atomic mass is 79.9. The van der Waals surface area contributed by atoms with Gasteiger partial charge in [-0.05, 0) is 17.7 Å². The highest BCUT2D eigenvalue weighted by Crippen LogP contribution is 2.36. The van der Waals surface area contributed by atoms with Gasteiger partial charge in [-0.15, -0.1) is 0 Å². The van der Waals surface area contributed by atoms with Crippen molar-refractivity contribution in [1.82, 2.24) is 0 Å². The molecule has 0 aromatic heterocycles. The number of ether oxygens (including phenoxy) is 1. The molecule has 0 bridgehead atoms. The maximum absolute atomic E-state index is 6.25. The summed E-state index contributed by atoms with van der Waals surface area (Å²) < 4.78 is 7.10. The number of rotatable bonds is 2. The Morgan fingerprint density at radius 3 is 2.74 bits per heavy atom. The minimum atomic E-state index is 0.0607. The van der Waals surface area contributed by atoms with Gasteiger partial charge in [-0.1, -0.05) is 52.3 Å². The Morgan fingerprint density at radius 1 is 1.16 bits per heavy atom. The number of nitrogens with two attached hydrogens (primary N) is 1. The predicted octanol–water partition coefficient (Wildman–Crippen LogP) is 3.84. The van der Waals surface area contributed by atoms with E-state index in [1.165, 1.54) is 5.56 Å². The van der Waals surface area contributed by atoms with Crippen LogP contribution in [0.3, 0.4) is 0 Å². The van der Waals surface area contributed by atoms with Crippen molar-refractivity contribution < 1.29 is 4.74 Å². The van der Waals surface area contributed by atoms with Crippen LogP contribution >= 0.6 is 15.9 Å². The van der Waals surface area contributed by atoms with E-state index >= 15 is 0 Å². The van der Waals surface area contributed by atoms with Crippen LogP contribution in [0.2, 0.25) is 0 Å². The van der Waals surface area contributed by atoms with Crippen molar-refractivity contribution in [2.75, 3.05) is 0 Å². The Morgan fingerprint density at radius 2 is 1.95 bits per heavy atom. The number of hydrogen-bond acceptors (Lipinski definition) is 2. The number of hydrogen-bond donors (Lipinski definition) is 1. The summed E-state index contributed by atoms with van der Waals surface area (Å²) in [5, 5.41) is 0. The van der Waals surface area contributed by atoms with Crippen LogP contribution in [0.25, 0.3) is 0 Å². The first-order valence-corrected chi connectivity index (χ1v) is 7.27. The van der Waals surface area contributed by atoms with E-state index in [2.05, 4.69) is 40.2 Å². The first-order chi connectivity index (χ1) is 9.22. The van der Waals surface area contributed by atoms with Crippen LogP contribution in [0.4, 0.5) is 0 Å². The van der Waals surface area contributed by atoms with Crippen molar-refractivity contribution in [3.8, 4) is 5.75 Å². The summed E-state index contributed by atoms with van der Waals surface area (Å²) >= 11 is 3.48. The van der Waals surface area contributed by atoms with Crippen LogP contribution in [-0.4, -0.2) is 6.10 Å². The second kappa shape index (κ2) is 5.35. The fourth-order valence-corrected chi connectivity index (χ4v) is 2.90. The zero-order valence-electron chi connectivity index (χ0n) is 10.6. The average Bonchev–Trinajstić information content (AvgIpc) is 2.39. The fourth-order valence-electron chi connectivity index (χ4n) is 2.56. The van der Waals surface area contributed by atoms with Crippen LogP contribution in [0.15, 0.2) is 53.0 Å². The zero-order chi connectivity index (χ0) is 13.2. The molecule has 2 atom stereocenters. The molecular formula is C16H16BrNO. The van der Waals surface area contributed by atoms with Gasteiger partial charge < -0.3 is 10.5 Å². The Bertz CT molecular complexity index is 570. The van der Waals surface area contributed by atoms with Gasteiger partial charge in [0.2, 0.25) is 0 Å². The molecule has 0 spiro atoms. The molecule has 2 aromatic carbocycles. The quantitative estimate of drug-likeness (QED) is 0.913. The van der Waals surface area contributed by atoms with Crippen LogP contribution in [-0.2, 0) is 6.42 Å². The molecule has 0 fully saturated rings. The van der Waals surface area contributed by atoms with E-state index in [0.29, 0.717) is 0 Å². The summed E-state index contributed by atoms with van der Waals surface area (Å²) in [4.78, 5) is 0. The lowest BCUT2D eigenvalue weighted by molar-refractivity contribution is 0.159. The molecule has 3 rings (SSSR count). The minimum absolute atomic E-state index is 0.0607. The molecule has 1 heterocycles. The maximum atomic E-state index is 6.25. The number of halogens is 1. The minimum Gasteiger partial charge on any atom is -0.490 e. The van der Waals surface area contributed by atoms with E-state index in [4.69, 9.17) is 10.5 Å². The Labute approximate surface area is 121 Å². The predicted molar refractivity (Wildman–Crippen MR) is 80.2 cm³/mol. The molecule has 0 aliphatic carbocycles. The lowest BCUT2D eigenvalue weighted by atomic mass is 9.94. The van der Waals surface area contributed by atoms with E-state index in [1.54, 1.807) is 0 Å². The Balaban J connectivity index is 1.81. The van der Waals surface area contributed by atoms with E-state index < -0.39 is 0 Å². The van der Waals surface area contributed by atoms with Gasteiger partial charge in [-0.2, -0.15) is 0 Å². The van der Waals surface area contributed by atoms with Gasteiger partial charge in [0.25, 0.3) is 0 Å². The van der Waals surface area contributed by atoms with Crippen molar-refractivity contribution in [3.63, 3.8) is 0 Å². The maximum Gasteiger partial charge on any atom is 0.125 e. The molecule has 0 radical (unpaired) electrons. The average molecular weight is 318 g/mol. The summed E-state index contributed by atoms with van der Waals surface area (Å²) in [7, 11) is 0. The molecule has 2 unspecified atom stereocenters. The van der Waals surface area contributed by atoms with Crippen LogP contribution in [0, 0.1) is 0 Å². The van der Waals surface area contributed by atoms with Gasteiger partial charge in [-0.3, -0.25) is 0 Å². The van der Waals surface area contributed by atoms with Crippen molar-refractivity contribution >= 4 is 15.9 Å². The van der Waals surface area contributed by atoms with Gasteiger partial charge in [0, 0.05) is 28.9 Å². The highest BCUT2D eigenvalue weighted by Gasteiger charge is 2.26. The smallest absolute Gasteiger partial charge is 0.125 e. The third-order valence-corrected chi connectivity index (χ3v) is 3.98. The fraction of sp³-hybridized carbons (Fsp3) is 0.250. The molecule has 98 valence electrons. The lowest BCUT2D eigenvalue weighted by Gasteiger charge is -2.30. The third-order valence-electron chi connectivity index (χ3n) is 3.49. The molecule has 0 amide bonds. The van der Waals surface area contributed by atoms with E-state index in [0.717, 1.165) is 28.6 Å². The van der Waals surface area contributed by atoms with E-state index in [1.807, 2.05) is 24.3 Å². The first kappa shape index (κ1) is 12.7. The summed E-state index contributed by atoms with van der Waals surface area (Å²) in [5.41, 5.74) is 8.64. The topological polar surface area (TPSA) is 35.2 Å². The molecule has 2 N–H and O–H groups in total. The number of benzene rings is 2. The second-order valence-electron chi connectivity index (χ2n) is 4.95. The zero-order valence-corrected chi connectivity index (χ0v) is 12.1. The van der Waals surface area contributed by atoms with Crippen LogP contribution < -0.4 is 10.5 Å². The van der Waals surface area contributed by atoms with Gasteiger partial charge in [0.15, 0.2) is 0 Å². The van der Waals surface area contributed by atoms with Crippen molar-refractivity contribution in [3.05, 3.63) is 64.1 Å². The summed E-state index contributed by atoms with van der Waals surface area (Å²) in [5.74, 6) is 0.911. The van der Waals surface area contributed by atoms with Gasteiger partial charge in [0.05, 0.1) is 0 Å². The van der Waals surface area contributed by atoms with Crippen molar-refractivity contribution in [1.29, 1.82) is 0 Å². The third kappa shape index (κ3) is 2.82. The molecule has 2 aromatic rings. The molecule has 2 nitrogen and oxygen atoms in total. The Hall–Kier alpha value is -1.32. The highest BCUT2D eigenvalue weighted by molar-refractivity contribution is 9.10. The monoisotopic (exact) mass is 317 g/mol. The van der Waals surface area contributed by atoms with Gasteiger partial charge >= 0.3 is 0 Å². The second-order valence-corrected chi connectivity index (χ2v) is 5.87. The molecule has 3 heteroatoms. The molecule has 0 saturated heterocycles. The lowest BCUT2D eigenvalue weighted by Crippen LogP contribution is -2.31. The molecule has 19 heavy (non-hydrogen) atoms. The molecule has 1 aliphatic rings. The summed E-state index contributed by atoms with van der Waals surface area (Å²) in [6, 6.07) is 16.5. The largest absolute Gasteiger partial charge is 0.490 e. The van der Waals surface area contributed by atoms with Gasteiger partial charge in [0.1, 0.15) is 11.9 Å². The standard InChI is InChI=1S/C16H16BrNO/c17-12-6-7-14-15(18)10-13(19-16(14)9-12)8-11-4-2-1-3-5-11/h1-7,9,13,15H,8,10,18H2. The van der Waals surface area contributed by atoms with Gasteiger partial charge in [-0.25, -0.2) is 0 Å². The van der Waals surface area contributed by atoms with E-state index in [9.17, 15) is 0 Å². The van der Waals surface area contributed by atoms with Crippen molar-refractivity contribution in [2.45, 2.75) is 25.0 Å². The molecule has 1 aliphatic heterocycles. The first-order valence-electron chi connectivity index (χ1n) is 6.48. The SMILES string of the molecule is NC1CC(Cc2ccccc2)Oc2cc(Br)ccc21. The summed E-state index contributed by atoms with van der Waals surface area (Å²) in [6.07, 6.45) is 1.92. The van der Waals surface area contributed by atoms with Crippen molar-refractivity contribution in [2.24, 2.45) is 5.73 Å².